The van der Waals surface area contributed by atoms with E-state index >= 15 is 0 Å². The number of amides is 2. The third kappa shape index (κ3) is 8.51. The van der Waals surface area contributed by atoms with Crippen LogP contribution in [-0.4, -0.2) is 44.0 Å². The fourth-order valence-corrected chi connectivity index (χ4v) is 1.38. The minimum Gasteiger partial charge on any atom is -0.467 e. The van der Waals surface area contributed by atoms with Crippen LogP contribution in [0.3, 0.4) is 0 Å². The molecule has 4 N–H and O–H groups in total. The maximum absolute atomic E-state index is 11.3. The van der Waals surface area contributed by atoms with Crippen LogP contribution in [0.2, 0.25) is 0 Å². The van der Waals surface area contributed by atoms with E-state index in [1.54, 1.807) is 0 Å². The normalized spacial score (nSPS) is 11.7. The Hall–Kier alpha value is -1.63. The second-order valence-corrected chi connectivity index (χ2v) is 3.90. The van der Waals surface area contributed by atoms with Crippen molar-refractivity contribution in [2.75, 3.05) is 20.2 Å². The van der Waals surface area contributed by atoms with Crippen molar-refractivity contribution in [2.45, 2.75) is 32.2 Å². The summed E-state index contributed by atoms with van der Waals surface area (Å²) in [5.41, 5.74) is 5.00. The molecule has 7 nitrogen and oxygen atoms in total. The van der Waals surface area contributed by atoms with Gasteiger partial charge in [-0.05, 0) is 19.4 Å². The van der Waals surface area contributed by atoms with Crippen molar-refractivity contribution < 1.29 is 19.1 Å². The van der Waals surface area contributed by atoms with Gasteiger partial charge in [0.2, 0.25) is 11.8 Å². The first-order valence-corrected chi connectivity index (χ1v) is 5.81. The van der Waals surface area contributed by atoms with E-state index in [4.69, 9.17) is 5.73 Å². The topological polar surface area (TPSA) is 111 Å². The van der Waals surface area contributed by atoms with Crippen molar-refractivity contribution in [3.05, 3.63) is 0 Å². The molecule has 2 amide bonds. The van der Waals surface area contributed by atoms with Crippen LogP contribution in [0, 0.1) is 0 Å². The number of primary amides is 1. The standard InChI is InChI=1S/C11H21N3O4/c1-8(15)14-9(11(17)18-2)7-13-6-4-3-5-10(12)16/h9,13H,3-7H2,1-2H3,(H2,12,16)(H,14,15). The molecule has 1 atom stereocenters. The summed E-state index contributed by atoms with van der Waals surface area (Å²) in [4.78, 5) is 32.7. The molecule has 18 heavy (non-hydrogen) atoms. The number of rotatable bonds is 9. The van der Waals surface area contributed by atoms with Gasteiger partial charge in [0, 0.05) is 19.9 Å². The summed E-state index contributed by atoms with van der Waals surface area (Å²) in [6.45, 7) is 2.27. The summed E-state index contributed by atoms with van der Waals surface area (Å²) >= 11 is 0. The quantitative estimate of drug-likeness (QED) is 0.360. The van der Waals surface area contributed by atoms with E-state index in [1.165, 1.54) is 14.0 Å². The van der Waals surface area contributed by atoms with E-state index in [2.05, 4.69) is 15.4 Å². The Morgan fingerprint density at radius 3 is 2.44 bits per heavy atom. The van der Waals surface area contributed by atoms with Gasteiger partial charge in [0.15, 0.2) is 0 Å². The van der Waals surface area contributed by atoms with E-state index < -0.39 is 12.0 Å². The molecule has 0 rings (SSSR count). The molecular formula is C11H21N3O4. The number of nitrogens with two attached hydrogens (primary N) is 1. The van der Waals surface area contributed by atoms with Gasteiger partial charge in [-0.3, -0.25) is 9.59 Å². The zero-order valence-electron chi connectivity index (χ0n) is 10.8. The molecule has 0 radical (unpaired) electrons. The van der Waals surface area contributed by atoms with Crippen LogP contribution in [0.5, 0.6) is 0 Å². The minimum atomic E-state index is -0.691. The van der Waals surface area contributed by atoms with Crippen molar-refractivity contribution in [2.24, 2.45) is 5.73 Å². The van der Waals surface area contributed by atoms with Gasteiger partial charge in [-0.15, -0.1) is 0 Å². The number of nitrogens with one attached hydrogen (secondary N) is 2. The van der Waals surface area contributed by atoms with Crippen LogP contribution in [0.1, 0.15) is 26.2 Å². The number of carbonyl (C=O) groups excluding carboxylic acids is 3. The Morgan fingerprint density at radius 2 is 1.94 bits per heavy atom. The van der Waals surface area contributed by atoms with Gasteiger partial charge in [-0.2, -0.15) is 0 Å². The van der Waals surface area contributed by atoms with Crippen LogP contribution >= 0.6 is 0 Å². The molecule has 0 saturated heterocycles. The van der Waals surface area contributed by atoms with E-state index in [1.807, 2.05) is 0 Å². The molecule has 1 unspecified atom stereocenters. The Balaban J connectivity index is 3.79. The first-order valence-electron chi connectivity index (χ1n) is 5.81. The molecule has 0 aliphatic rings. The second kappa shape index (κ2) is 9.41. The highest BCUT2D eigenvalue weighted by Gasteiger charge is 2.19. The first-order chi connectivity index (χ1) is 8.47. The largest absolute Gasteiger partial charge is 0.467 e. The Labute approximate surface area is 106 Å². The van der Waals surface area contributed by atoms with Gasteiger partial charge in [0.25, 0.3) is 0 Å². The second-order valence-electron chi connectivity index (χ2n) is 3.90. The average molecular weight is 259 g/mol. The summed E-state index contributed by atoms with van der Waals surface area (Å²) in [5.74, 6) is -1.10. The zero-order chi connectivity index (χ0) is 14.0. The number of carbonyl (C=O) groups is 3. The number of ether oxygens (including phenoxy) is 1. The van der Waals surface area contributed by atoms with Crippen molar-refractivity contribution >= 4 is 17.8 Å². The first kappa shape index (κ1) is 16.4. The van der Waals surface area contributed by atoms with Gasteiger partial charge >= 0.3 is 5.97 Å². The predicted octanol–water partition coefficient (Wildman–Crippen LogP) is -1.09. The number of hydrogen-bond acceptors (Lipinski definition) is 5. The van der Waals surface area contributed by atoms with Crippen LogP contribution in [0.4, 0.5) is 0 Å². The summed E-state index contributed by atoms with van der Waals surface area (Å²) < 4.78 is 4.57. The third-order valence-electron chi connectivity index (χ3n) is 2.24. The summed E-state index contributed by atoms with van der Waals surface area (Å²) in [5, 5.41) is 5.50. The lowest BCUT2D eigenvalue weighted by Gasteiger charge is -2.15. The minimum absolute atomic E-state index is 0.291. The molecule has 0 aliphatic heterocycles. The van der Waals surface area contributed by atoms with E-state index in [0.29, 0.717) is 25.9 Å². The third-order valence-corrected chi connectivity index (χ3v) is 2.24. The molecule has 0 aromatic rings. The average Bonchev–Trinajstić information content (AvgIpc) is 2.30. The molecule has 0 heterocycles. The highest BCUT2D eigenvalue weighted by atomic mass is 16.5. The number of hydrogen-bond donors (Lipinski definition) is 3. The molecule has 0 bridgehead atoms. The lowest BCUT2D eigenvalue weighted by Crippen LogP contribution is -2.47. The van der Waals surface area contributed by atoms with Gasteiger partial charge in [0.1, 0.15) is 6.04 Å². The Bertz CT molecular complexity index is 294. The van der Waals surface area contributed by atoms with E-state index in [0.717, 1.165) is 6.42 Å². The molecule has 0 spiro atoms. The number of esters is 1. The van der Waals surface area contributed by atoms with Crippen LogP contribution in [0.15, 0.2) is 0 Å². The van der Waals surface area contributed by atoms with Crippen molar-refractivity contribution in [3.8, 4) is 0 Å². The molecule has 0 aromatic carbocycles. The maximum Gasteiger partial charge on any atom is 0.329 e. The van der Waals surface area contributed by atoms with Crippen molar-refractivity contribution in [3.63, 3.8) is 0 Å². The van der Waals surface area contributed by atoms with Crippen LogP contribution in [-0.2, 0) is 19.1 Å². The van der Waals surface area contributed by atoms with E-state index in [9.17, 15) is 14.4 Å². The van der Waals surface area contributed by atoms with E-state index in [-0.39, 0.29) is 11.8 Å². The number of unbranched alkanes of at least 4 members (excludes halogenated alkanes) is 1. The lowest BCUT2D eigenvalue weighted by molar-refractivity contribution is -0.144. The van der Waals surface area contributed by atoms with Crippen molar-refractivity contribution in [1.82, 2.24) is 10.6 Å². The SMILES string of the molecule is COC(=O)C(CNCCCCC(N)=O)NC(C)=O. The molecule has 104 valence electrons. The monoisotopic (exact) mass is 259 g/mol. The summed E-state index contributed by atoms with van der Waals surface area (Å²) in [6, 6.07) is -0.691. The molecule has 0 fully saturated rings. The Kier molecular flexibility index (Phi) is 8.55. The molecule has 7 heteroatoms. The van der Waals surface area contributed by atoms with Gasteiger partial charge in [-0.1, -0.05) is 0 Å². The van der Waals surface area contributed by atoms with Gasteiger partial charge in [-0.25, -0.2) is 4.79 Å². The molecule has 0 saturated carbocycles. The zero-order valence-corrected chi connectivity index (χ0v) is 10.8. The van der Waals surface area contributed by atoms with Crippen molar-refractivity contribution in [1.29, 1.82) is 0 Å². The van der Waals surface area contributed by atoms with Gasteiger partial charge < -0.3 is 21.1 Å². The fourth-order valence-electron chi connectivity index (χ4n) is 1.38. The molecule has 0 aliphatic carbocycles. The maximum atomic E-state index is 11.3. The fraction of sp³-hybridized carbons (Fsp3) is 0.727. The van der Waals surface area contributed by atoms with Gasteiger partial charge in [0.05, 0.1) is 7.11 Å². The highest BCUT2D eigenvalue weighted by molar-refractivity contribution is 5.83. The lowest BCUT2D eigenvalue weighted by atomic mass is 10.2. The van der Waals surface area contributed by atoms with Crippen LogP contribution in [0.25, 0.3) is 0 Å². The smallest absolute Gasteiger partial charge is 0.329 e. The Morgan fingerprint density at radius 1 is 1.28 bits per heavy atom. The number of methoxy groups -OCH3 is 1. The molecule has 0 aromatic heterocycles. The summed E-state index contributed by atoms with van der Waals surface area (Å²) in [6.07, 6.45) is 1.83. The van der Waals surface area contributed by atoms with Crippen LogP contribution < -0.4 is 16.4 Å². The highest BCUT2D eigenvalue weighted by Crippen LogP contribution is 1.93. The predicted molar refractivity (Wildman–Crippen MR) is 65.5 cm³/mol. The molecular weight excluding hydrogens is 238 g/mol. The summed E-state index contributed by atoms with van der Waals surface area (Å²) in [7, 11) is 1.27.